The lowest BCUT2D eigenvalue weighted by Crippen LogP contribution is -2.29. The molecule has 0 aromatic heterocycles. The number of hydrazone groups is 1. The fourth-order valence-electron chi connectivity index (χ4n) is 3.42. The minimum atomic E-state index is -0.150. The normalized spacial score (nSPS) is 15.8. The van der Waals surface area contributed by atoms with Crippen LogP contribution in [0.1, 0.15) is 17.0 Å². The Kier molecular flexibility index (Phi) is 6.28. The molecule has 152 valence electrons. The van der Waals surface area contributed by atoms with E-state index in [1.54, 1.807) is 35.3 Å². The number of halogens is 3. The fraction of sp³-hybridized carbons (Fsp3) is 0.130. The molecule has 4 rings (SSSR count). The molecule has 1 N–H and O–H groups in total. The van der Waals surface area contributed by atoms with Crippen molar-refractivity contribution in [2.24, 2.45) is 5.10 Å². The molecule has 1 atom stereocenters. The average molecular weight is 459 g/mol. The van der Waals surface area contributed by atoms with E-state index in [-0.39, 0.29) is 18.4 Å². The van der Waals surface area contributed by atoms with Crippen LogP contribution in [0.4, 0.5) is 5.69 Å². The van der Waals surface area contributed by atoms with Gasteiger partial charge < -0.3 is 5.32 Å². The number of carbonyl (C=O) groups is 1. The molecule has 4 nitrogen and oxygen atoms in total. The molecular weight excluding hydrogens is 441 g/mol. The van der Waals surface area contributed by atoms with E-state index in [9.17, 15) is 4.79 Å². The van der Waals surface area contributed by atoms with Crippen LogP contribution in [0.3, 0.4) is 0 Å². The molecule has 7 heteroatoms. The Morgan fingerprint density at radius 2 is 1.70 bits per heavy atom. The highest BCUT2D eigenvalue weighted by atomic mass is 35.5. The van der Waals surface area contributed by atoms with Gasteiger partial charge in [0.05, 0.1) is 15.8 Å². The fourth-order valence-corrected chi connectivity index (χ4v) is 3.85. The second-order valence-corrected chi connectivity index (χ2v) is 8.23. The Balaban J connectivity index is 1.56. The van der Waals surface area contributed by atoms with Gasteiger partial charge in [0.1, 0.15) is 6.54 Å². The standard InChI is InChI=1S/C23H18Cl3N3O/c24-17-7-9-18(10-8-17)27-22(30)14-29-13-19(15-4-2-1-3-5-15)23(28-29)16-6-11-20(25)21(26)12-16/h1-12,19H,13-14H2,(H,27,30). The van der Waals surface area contributed by atoms with Crippen LogP contribution in [0.5, 0.6) is 0 Å². The molecule has 1 aliphatic rings. The van der Waals surface area contributed by atoms with Crippen molar-refractivity contribution in [1.82, 2.24) is 5.01 Å². The van der Waals surface area contributed by atoms with Crippen molar-refractivity contribution >= 4 is 52.1 Å². The van der Waals surface area contributed by atoms with Crippen LogP contribution in [0, 0.1) is 0 Å². The van der Waals surface area contributed by atoms with Gasteiger partial charge in [-0.3, -0.25) is 9.80 Å². The monoisotopic (exact) mass is 457 g/mol. The van der Waals surface area contributed by atoms with E-state index in [0.717, 1.165) is 16.8 Å². The second-order valence-electron chi connectivity index (χ2n) is 6.98. The number of rotatable bonds is 5. The summed E-state index contributed by atoms with van der Waals surface area (Å²) in [7, 11) is 0. The molecular formula is C23H18Cl3N3O. The number of nitrogens with one attached hydrogen (secondary N) is 1. The molecule has 1 unspecified atom stereocenters. The number of carbonyl (C=O) groups excluding carboxylic acids is 1. The zero-order valence-corrected chi connectivity index (χ0v) is 18.1. The summed E-state index contributed by atoms with van der Waals surface area (Å²) in [6, 6.07) is 22.6. The molecule has 0 radical (unpaired) electrons. The van der Waals surface area contributed by atoms with Gasteiger partial charge in [0.25, 0.3) is 0 Å². The Morgan fingerprint density at radius 1 is 0.967 bits per heavy atom. The summed E-state index contributed by atoms with van der Waals surface area (Å²) in [5, 5.41) is 11.0. The molecule has 0 bridgehead atoms. The summed E-state index contributed by atoms with van der Waals surface area (Å²) >= 11 is 18.2. The zero-order valence-electron chi connectivity index (χ0n) is 15.9. The maximum absolute atomic E-state index is 12.5. The van der Waals surface area contributed by atoms with Crippen molar-refractivity contribution in [3.63, 3.8) is 0 Å². The number of nitrogens with zero attached hydrogens (tertiary/aromatic N) is 2. The lowest BCUT2D eigenvalue weighted by Gasteiger charge is -2.16. The first-order valence-corrected chi connectivity index (χ1v) is 10.5. The van der Waals surface area contributed by atoms with Crippen LogP contribution < -0.4 is 5.32 Å². The molecule has 0 saturated heterocycles. The Morgan fingerprint density at radius 3 is 2.40 bits per heavy atom. The van der Waals surface area contributed by atoms with Crippen molar-refractivity contribution in [3.8, 4) is 0 Å². The van der Waals surface area contributed by atoms with Crippen molar-refractivity contribution in [2.75, 3.05) is 18.4 Å². The smallest absolute Gasteiger partial charge is 0.245 e. The lowest BCUT2D eigenvalue weighted by molar-refractivity contribution is -0.117. The Bertz CT molecular complexity index is 1080. The highest BCUT2D eigenvalue weighted by molar-refractivity contribution is 6.42. The average Bonchev–Trinajstić information content (AvgIpc) is 3.16. The number of hydrogen-bond acceptors (Lipinski definition) is 3. The summed E-state index contributed by atoms with van der Waals surface area (Å²) in [6.07, 6.45) is 0. The van der Waals surface area contributed by atoms with Gasteiger partial charge in [-0.25, -0.2) is 0 Å². The van der Waals surface area contributed by atoms with E-state index in [2.05, 4.69) is 17.4 Å². The molecule has 1 amide bonds. The van der Waals surface area contributed by atoms with Crippen molar-refractivity contribution < 1.29 is 4.79 Å². The first-order valence-electron chi connectivity index (χ1n) is 9.39. The van der Waals surface area contributed by atoms with Crippen molar-refractivity contribution in [3.05, 3.63) is 99.0 Å². The molecule has 0 saturated carbocycles. The predicted octanol–water partition coefficient (Wildman–Crippen LogP) is 6.09. The third-order valence-electron chi connectivity index (χ3n) is 4.84. The van der Waals surface area contributed by atoms with E-state index in [4.69, 9.17) is 39.9 Å². The minimum absolute atomic E-state index is 0.0202. The van der Waals surface area contributed by atoms with E-state index in [1.165, 1.54) is 0 Å². The largest absolute Gasteiger partial charge is 0.324 e. The van der Waals surface area contributed by atoms with Crippen LogP contribution in [-0.4, -0.2) is 29.7 Å². The predicted molar refractivity (Wildman–Crippen MR) is 124 cm³/mol. The minimum Gasteiger partial charge on any atom is -0.324 e. The Labute approximate surface area is 190 Å². The van der Waals surface area contributed by atoms with Gasteiger partial charge in [-0.15, -0.1) is 0 Å². The van der Waals surface area contributed by atoms with Gasteiger partial charge in [-0.1, -0.05) is 71.2 Å². The SMILES string of the molecule is O=C(CN1CC(c2ccccc2)C(c2ccc(Cl)c(Cl)c2)=N1)Nc1ccc(Cl)cc1. The third-order valence-corrected chi connectivity index (χ3v) is 5.83. The first kappa shape index (κ1) is 20.7. The molecule has 30 heavy (non-hydrogen) atoms. The Hall–Kier alpha value is -2.53. The third kappa shape index (κ3) is 4.78. The highest BCUT2D eigenvalue weighted by Gasteiger charge is 2.30. The molecule has 3 aromatic carbocycles. The maximum atomic E-state index is 12.5. The summed E-state index contributed by atoms with van der Waals surface area (Å²) in [4.78, 5) is 12.5. The molecule has 0 spiro atoms. The van der Waals surface area contributed by atoms with Crippen LogP contribution >= 0.6 is 34.8 Å². The van der Waals surface area contributed by atoms with E-state index in [1.807, 2.05) is 30.3 Å². The number of hydrogen-bond donors (Lipinski definition) is 1. The summed E-state index contributed by atoms with van der Waals surface area (Å²) < 4.78 is 0. The molecule has 1 heterocycles. The van der Waals surface area contributed by atoms with Gasteiger partial charge in [-0.2, -0.15) is 5.10 Å². The van der Waals surface area contributed by atoms with Crippen LogP contribution in [0.25, 0.3) is 0 Å². The second kappa shape index (κ2) is 9.09. The first-order chi connectivity index (χ1) is 14.5. The maximum Gasteiger partial charge on any atom is 0.245 e. The molecule has 3 aromatic rings. The van der Waals surface area contributed by atoms with Gasteiger partial charge >= 0.3 is 0 Å². The molecule has 0 aliphatic carbocycles. The van der Waals surface area contributed by atoms with Gasteiger partial charge in [-0.05, 0) is 42.0 Å². The number of amides is 1. The van der Waals surface area contributed by atoms with E-state index < -0.39 is 0 Å². The van der Waals surface area contributed by atoms with Crippen molar-refractivity contribution in [2.45, 2.75) is 5.92 Å². The summed E-state index contributed by atoms with van der Waals surface area (Å²) in [5.74, 6) is -0.130. The highest BCUT2D eigenvalue weighted by Crippen LogP contribution is 2.31. The van der Waals surface area contributed by atoms with E-state index in [0.29, 0.717) is 27.3 Å². The topological polar surface area (TPSA) is 44.7 Å². The van der Waals surface area contributed by atoms with E-state index >= 15 is 0 Å². The van der Waals surface area contributed by atoms with Crippen LogP contribution in [0.15, 0.2) is 77.9 Å². The number of anilines is 1. The summed E-state index contributed by atoms with van der Waals surface area (Å²) in [6.45, 7) is 0.727. The van der Waals surface area contributed by atoms with Crippen LogP contribution in [0.2, 0.25) is 15.1 Å². The number of benzene rings is 3. The van der Waals surface area contributed by atoms with Gasteiger partial charge in [0, 0.05) is 28.7 Å². The van der Waals surface area contributed by atoms with Gasteiger partial charge in [0.15, 0.2) is 0 Å². The molecule has 1 aliphatic heterocycles. The molecule has 0 fully saturated rings. The van der Waals surface area contributed by atoms with Crippen LogP contribution in [-0.2, 0) is 4.79 Å². The lowest BCUT2D eigenvalue weighted by atomic mass is 9.91. The summed E-state index contributed by atoms with van der Waals surface area (Å²) in [5.41, 5.74) is 3.57. The van der Waals surface area contributed by atoms with Crippen molar-refractivity contribution in [1.29, 1.82) is 0 Å². The van der Waals surface area contributed by atoms with Gasteiger partial charge in [0.2, 0.25) is 5.91 Å². The zero-order chi connectivity index (χ0) is 21.1. The quantitative estimate of drug-likeness (QED) is 0.503.